The predicted octanol–water partition coefficient (Wildman–Crippen LogP) is 24.7. The summed E-state index contributed by atoms with van der Waals surface area (Å²) in [5, 5.41) is 23.4. The number of hydrogen-bond acceptors (Lipinski definition) is 5. The SMILES string of the molecule is CCCCCCCCCCCCCCCCCCCCCCC(O)C(CO)NC(=O)CCCCCCCCCCCCCCCCCCC/C=C\CCCCCCCCCCCCCCOC(=O)CCCCCCCCCCCCCC. The van der Waals surface area contributed by atoms with Crippen molar-refractivity contribution < 1.29 is 24.5 Å². The van der Waals surface area contributed by atoms with Crippen LogP contribution in [0.15, 0.2) is 12.2 Å². The number of ether oxygens (including phenoxy) is 1. The molecule has 0 rings (SSSR count). The van der Waals surface area contributed by atoms with Gasteiger partial charge in [-0.15, -0.1) is 0 Å². The number of rotatable bonds is 72. The number of hydrogen-bond donors (Lipinski definition) is 3. The molecule has 0 spiro atoms. The quantitative estimate of drug-likeness (QED) is 0.0320. The van der Waals surface area contributed by atoms with Gasteiger partial charge in [0.05, 0.1) is 25.4 Å². The lowest BCUT2D eigenvalue weighted by molar-refractivity contribution is -0.143. The summed E-state index contributed by atoms with van der Waals surface area (Å²) in [5.41, 5.74) is 0. The molecule has 0 aromatic carbocycles. The van der Waals surface area contributed by atoms with Crippen LogP contribution in [0, 0.1) is 0 Å². The van der Waals surface area contributed by atoms with Crippen LogP contribution in [0.25, 0.3) is 0 Å². The van der Waals surface area contributed by atoms with Gasteiger partial charge in [-0.05, 0) is 51.4 Å². The molecule has 0 bridgehead atoms. The highest BCUT2D eigenvalue weighted by Crippen LogP contribution is 2.20. The van der Waals surface area contributed by atoms with Crippen molar-refractivity contribution in [2.24, 2.45) is 0 Å². The number of unbranched alkanes of at least 4 members (excludes halogenated alkanes) is 59. The maximum atomic E-state index is 12.6. The number of esters is 1. The number of allylic oxidation sites excluding steroid dienone is 2. The molecular formula is C76H149NO5. The smallest absolute Gasteiger partial charge is 0.305 e. The summed E-state index contributed by atoms with van der Waals surface area (Å²) in [7, 11) is 0. The molecule has 0 saturated heterocycles. The van der Waals surface area contributed by atoms with Crippen LogP contribution in [-0.4, -0.2) is 47.4 Å². The molecule has 0 heterocycles. The van der Waals surface area contributed by atoms with Crippen LogP contribution in [0.1, 0.15) is 438 Å². The molecule has 2 atom stereocenters. The van der Waals surface area contributed by atoms with Crippen molar-refractivity contribution in [1.82, 2.24) is 5.32 Å². The lowest BCUT2D eigenvalue weighted by Gasteiger charge is -2.22. The molecular weight excluding hydrogens is 1010 g/mol. The van der Waals surface area contributed by atoms with Gasteiger partial charge in [0.25, 0.3) is 0 Å². The molecule has 0 aromatic rings. The lowest BCUT2D eigenvalue weighted by Crippen LogP contribution is -2.45. The number of aliphatic hydroxyl groups is 2. The van der Waals surface area contributed by atoms with Gasteiger partial charge in [-0.2, -0.15) is 0 Å². The number of carbonyl (C=O) groups excluding carboxylic acids is 2. The van der Waals surface area contributed by atoms with E-state index in [1.165, 1.54) is 366 Å². The van der Waals surface area contributed by atoms with Crippen molar-refractivity contribution in [3.63, 3.8) is 0 Å². The average molecular weight is 1160 g/mol. The van der Waals surface area contributed by atoms with Crippen LogP contribution in [-0.2, 0) is 14.3 Å². The summed E-state index contributed by atoms with van der Waals surface area (Å²) in [6.07, 6.45) is 90.0. The fraction of sp³-hybridized carbons (Fsp3) is 0.947. The Hall–Kier alpha value is -1.40. The Morgan fingerprint density at radius 1 is 0.329 bits per heavy atom. The summed E-state index contributed by atoms with van der Waals surface area (Å²) in [5.74, 6) is -0.00621. The van der Waals surface area contributed by atoms with Crippen molar-refractivity contribution in [2.45, 2.75) is 450 Å². The van der Waals surface area contributed by atoms with E-state index in [-0.39, 0.29) is 18.5 Å². The minimum atomic E-state index is -0.662. The highest BCUT2D eigenvalue weighted by molar-refractivity contribution is 5.76. The molecule has 1 amide bonds. The molecule has 0 saturated carbocycles. The van der Waals surface area contributed by atoms with Crippen molar-refractivity contribution in [2.75, 3.05) is 13.2 Å². The van der Waals surface area contributed by atoms with Crippen LogP contribution in [0.3, 0.4) is 0 Å². The maximum Gasteiger partial charge on any atom is 0.305 e. The standard InChI is InChI=1S/C76H149NO5/c1-3-5-7-9-11-13-15-17-18-19-20-36-39-42-45-48-52-56-60-64-68-74(79)73(72-78)77-75(80)69-65-61-57-53-49-46-43-40-37-34-32-30-28-26-24-22-21-23-25-27-29-31-33-35-38-41-44-47-51-55-59-63-67-71-82-76(81)70-66-62-58-54-50-16-14-12-10-8-6-4-2/h25,27,73-74,78-79H,3-24,26,28-72H2,1-2H3,(H,77,80)/b27-25-. The fourth-order valence-corrected chi connectivity index (χ4v) is 12.3. The first-order valence-electron chi connectivity index (χ1n) is 37.9. The van der Waals surface area contributed by atoms with Crippen LogP contribution in [0.4, 0.5) is 0 Å². The molecule has 0 aliphatic rings. The monoisotopic (exact) mass is 1160 g/mol. The van der Waals surface area contributed by atoms with E-state index in [9.17, 15) is 19.8 Å². The normalized spacial score (nSPS) is 12.5. The first-order chi connectivity index (χ1) is 40.5. The molecule has 0 radical (unpaired) electrons. The number of aliphatic hydroxyl groups excluding tert-OH is 2. The molecule has 82 heavy (non-hydrogen) atoms. The second-order valence-electron chi connectivity index (χ2n) is 26.3. The van der Waals surface area contributed by atoms with Crippen molar-refractivity contribution in [3.05, 3.63) is 12.2 Å². The van der Waals surface area contributed by atoms with Crippen LogP contribution < -0.4 is 5.32 Å². The van der Waals surface area contributed by atoms with Gasteiger partial charge in [0.15, 0.2) is 0 Å². The Morgan fingerprint density at radius 3 is 0.866 bits per heavy atom. The molecule has 488 valence electrons. The van der Waals surface area contributed by atoms with Gasteiger partial charge >= 0.3 is 5.97 Å². The number of carbonyl (C=O) groups is 2. The number of nitrogens with one attached hydrogen (secondary N) is 1. The molecule has 6 nitrogen and oxygen atoms in total. The maximum absolute atomic E-state index is 12.6. The molecule has 3 N–H and O–H groups in total. The van der Waals surface area contributed by atoms with Gasteiger partial charge in [-0.25, -0.2) is 0 Å². The summed E-state index contributed by atoms with van der Waals surface area (Å²) < 4.78 is 5.49. The van der Waals surface area contributed by atoms with Gasteiger partial charge in [-0.3, -0.25) is 9.59 Å². The van der Waals surface area contributed by atoms with Gasteiger partial charge in [0.2, 0.25) is 5.91 Å². The van der Waals surface area contributed by atoms with Gasteiger partial charge in [-0.1, -0.05) is 386 Å². The zero-order valence-corrected chi connectivity index (χ0v) is 56.0. The third kappa shape index (κ3) is 67.7. The van der Waals surface area contributed by atoms with Crippen LogP contribution >= 0.6 is 0 Å². The molecule has 6 heteroatoms. The fourth-order valence-electron chi connectivity index (χ4n) is 12.3. The first-order valence-corrected chi connectivity index (χ1v) is 37.9. The Kier molecular flexibility index (Phi) is 70.8. The molecule has 0 aromatic heterocycles. The van der Waals surface area contributed by atoms with Crippen molar-refractivity contribution in [1.29, 1.82) is 0 Å². The van der Waals surface area contributed by atoms with Gasteiger partial charge < -0.3 is 20.3 Å². The second-order valence-corrected chi connectivity index (χ2v) is 26.3. The van der Waals surface area contributed by atoms with E-state index in [0.29, 0.717) is 25.9 Å². The number of amides is 1. The van der Waals surface area contributed by atoms with Crippen LogP contribution in [0.5, 0.6) is 0 Å². The zero-order valence-electron chi connectivity index (χ0n) is 56.0. The van der Waals surface area contributed by atoms with Crippen molar-refractivity contribution in [3.8, 4) is 0 Å². The van der Waals surface area contributed by atoms with E-state index in [2.05, 4.69) is 31.3 Å². The highest BCUT2D eigenvalue weighted by atomic mass is 16.5. The third-order valence-electron chi connectivity index (χ3n) is 18.1. The summed E-state index contributed by atoms with van der Waals surface area (Å²) in [4.78, 5) is 24.6. The summed E-state index contributed by atoms with van der Waals surface area (Å²) in [6, 6.07) is -0.539. The second kappa shape index (κ2) is 72.1. The van der Waals surface area contributed by atoms with Crippen molar-refractivity contribution >= 4 is 11.9 Å². The molecule has 0 aliphatic heterocycles. The molecule has 0 fully saturated rings. The van der Waals surface area contributed by atoms with Crippen LogP contribution in [0.2, 0.25) is 0 Å². The topological polar surface area (TPSA) is 95.9 Å². The summed E-state index contributed by atoms with van der Waals surface area (Å²) >= 11 is 0. The minimum absolute atomic E-state index is 0.0204. The highest BCUT2D eigenvalue weighted by Gasteiger charge is 2.20. The van der Waals surface area contributed by atoms with E-state index in [0.717, 1.165) is 38.5 Å². The van der Waals surface area contributed by atoms with E-state index in [1.807, 2.05) is 0 Å². The van der Waals surface area contributed by atoms with Gasteiger partial charge in [0, 0.05) is 12.8 Å². The van der Waals surface area contributed by atoms with E-state index in [4.69, 9.17) is 4.74 Å². The van der Waals surface area contributed by atoms with E-state index < -0.39 is 12.1 Å². The molecule has 2 unspecified atom stereocenters. The Morgan fingerprint density at radius 2 is 0.573 bits per heavy atom. The molecule has 0 aliphatic carbocycles. The summed E-state index contributed by atoms with van der Waals surface area (Å²) in [6.45, 7) is 5.00. The average Bonchev–Trinajstić information content (AvgIpc) is 3.48. The largest absolute Gasteiger partial charge is 0.466 e. The van der Waals surface area contributed by atoms with Gasteiger partial charge in [0.1, 0.15) is 0 Å². The third-order valence-corrected chi connectivity index (χ3v) is 18.1. The van der Waals surface area contributed by atoms with E-state index in [1.54, 1.807) is 0 Å². The Bertz CT molecular complexity index is 1240. The predicted molar refractivity (Wildman–Crippen MR) is 361 cm³/mol. The zero-order chi connectivity index (χ0) is 59.2. The minimum Gasteiger partial charge on any atom is -0.466 e. The van der Waals surface area contributed by atoms with E-state index >= 15 is 0 Å². The Labute approximate surface area is 514 Å². The Balaban J connectivity index is 3.34. The first kappa shape index (κ1) is 80.6. The lowest BCUT2D eigenvalue weighted by atomic mass is 10.0.